The molecule has 6 heteroatoms. The molecule has 102 valence electrons. The third-order valence-electron chi connectivity index (χ3n) is 3.01. The summed E-state index contributed by atoms with van der Waals surface area (Å²) in [7, 11) is -2.04. The first-order chi connectivity index (χ1) is 9.46. The van der Waals surface area contributed by atoms with Crippen LogP contribution in [-0.2, 0) is 16.9 Å². The van der Waals surface area contributed by atoms with Gasteiger partial charge in [0, 0.05) is 18.3 Å². The Morgan fingerprint density at radius 2 is 2.00 bits per heavy atom. The van der Waals surface area contributed by atoms with Crippen LogP contribution >= 0.6 is 0 Å². The largest absolute Gasteiger partial charge is 0.272 e. The van der Waals surface area contributed by atoms with Gasteiger partial charge in [0.15, 0.2) is 0 Å². The minimum atomic E-state index is -3.79. The van der Waals surface area contributed by atoms with Crippen molar-refractivity contribution in [3.63, 3.8) is 0 Å². The lowest BCUT2D eigenvalue weighted by atomic mass is 10.2. The SMILES string of the molecule is Cc1c(/C=C(/C#N)S(=O)(=O)c2ccccc2)cnn1C. The van der Waals surface area contributed by atoms with E-state index in [0.29, 0.717) is 5.56 Å². The number of nitriles is 1. The fraction of sp³-hybridized carbons (Fsp3) is 0.143. The summed E-state index contributed by atoms with van der Waals surface area (Å²) in [4.78, 5) is -0.186. The van der Waals surface area contributed by atoms with E-state index in [0.717, 1.165) is 5.69 Å². The van der Waals surface area contributed by atoms with E-state index in [1.54, 1.807) is 36.0 Å². The van der Waals surface area contributed by atoms with Gasteiger partial charge in [0.2, 0.25) is 9.84 Å². The number of hydrogen-bond acceptors (Lipinski definition) is 4. The van der Waals surface area contributed by atoms with Crippen LogP contribution in [0.3, 0.4) is 0 Å². The van der Waals surface area contributed by atoms with Crippen molar-refractivity contribution in [3.05, 3.63) is 52.7 Å². The summed E-state index contributed by atoms with van der Waals surface area (Å²) in [6.45, 7) is 1.81. The molecule has 1 heterocycles. The predicted octanol–water partition coefficient (Wildman–Crippen LogP) is 2.07. The molecule has 0 N–H and O–H groups in total. The highest BCUT2D eigenvalue weighted by Gasteiger charge is 2.21. The van der Waals surface area contributed by atoms with Crippen LogP contribution in [0.5, 0.6) is 0 Å². The first kappa shape index (κ1) is 14.0. The number of allylic oxidation sites excluding steroid dienone is 1. The minimum Gasteiger partial charge on any atom is -0.272 e. The van der Waals surface area contributed by atoms with Crippen LogP contribution in [-0.4, -0.2) is 18.2 Å². The van der Waals surface area contributed by atoms with E-state index in [-0.39, 0.29) is 9.80 Å². The second-order valence-electron chi connectivity index (χ2n) is 4.25. The van der Waals surface area contributed by atoms with Gasteiger partial charge in [0.25, 0.3) is 0 Å². The molecule has 0 radical (unpaired) electrons. The topological polar surface area (TPSA) is 75.8 Å². The molecule has 0 bridgehead atoms. The van der Waals surface area contributed by atoms with E-state index in [1.165, 1.54) is 24.4 Å². The molecule has 0 aliphatic rings. The van der Waals surface area contributed by atoms with E-state index >= 15 is 0 Å². The van der Waals surface area contributed by atoms with Crippen LogP contribution in [0.2, 0.25) is 0 Å². The standard InChI is InChI=1S/C14H13N3O2S/c1-11-12(10-16-17(11)2)8-14(9-15)20(18,19)13-6-4-3-5-7-13/h3-8,10H,1-2H3/b14-8-. The Kier molecular flexibility index (Phi) is 3.72. The molecule has 0 saturated heterocycles. The van der Waals surface area contributed by atoms with Gasteiger partial charge in [-0.05, 0) is 25.1 Å². The Balaban J connectivity index is 2.54. The van der Waals surface area contributed by atoms with Gasteiger partial charge in [-0.3, -0.25) is 4.68 Å². The lowest BCUT2D eigenvalue weighted by Crippen LogP contribution is -2.03. The maximum Gasteiger partial charge on any atom is 0.216 e. The van der Waals surface area contributed by atoms with Gasteiger partial charge in [-0.1, -0.05) is 18.2 Å². The number of sulfone groups is 1. The second-order valence-corrected chi connectivity index (χ2v) is 6.16. The molecule has 0 aliphatic carbocycles. The Labute approximate surface area is 117 Å². The van der Waals surface area contributed by atoms with Crippen molar-refractivity contribution in [3.8, 4) is 6.07 Å². The number of aromatic nitrogens is 2. The monoisotopic (exact) mass is 287 g/mol. The average molecular weight is 287 g/mol. The Hall–Kier alpha value is -2.39. The highest BCUT2D eigenvalue weighted by molar-refractivity contribution is 7.95. The van der Waals surface area contributed by atoms with Crippen LogP contribution in [0.1, 0.15) is 11.3 Å². The number of nitrogens with zero attached hydrogens (tertiary/aromatic N) is 3. The molecule has 0 aliphatic heterocycles. The molecular weight excluding hydrogens is 274 g/mol. The summed E-state index contributed by atoms with van der Waals surface area (Å²) >= 11 is 0. The van der Waals surface area contributed by atoms with Crippen LogP contribution in [0.15, 0.2) is 46.3 Å². The minimum absolute atomic E-state index is 0.106. The third-order valence-corrected chi connectivity index (χ3v) is 4.69. The highest BCUT2D eigenvalue weighted by atomic mass is 32.2. The molecule has 20 heavy (non-hydrogen) atoms. The van der Waals surface area contributed by atoms with E-state index in [2.05, 4.69) is 5.10 Å². The van der Waals surface area contributed by atoms with Gasteiger partial charge in [0.05, 0.1) is 11.1 Å². The molecule has 0 atom stereocenters. The summed E-state index contributed by atoms with van der Waals surface area (Å²) in [5, 5.41) is 13.2. The first-order valence-electron chi connectivity index (χ1n) is 5.87. The van der Waals surface area contributed by atoms with Gasteiger partial charge in [-0.2, -0.15) is 10.4 Å². The predicted molar refractivity (Wildman–Crippen MR) is 75.2 cm³/mol. The van der Waals surface area contributed by atoms with Gasteiger partial charge in [-0.15, -0.1) is 0 Å². The Morgan fingerprint density at radius 1 is 1.35 bits per heavy atom. The fourth-order valence-electron chi connectivity index (χ4n) is 1.70. The third kappa shape index (κ3) is 2.49. The van der Waals surface area contributed by atoms with Crippen LogP contribution in [0, 0.1) is 18.3 Å². The van der Waals surface area contributed by atoms with E-state index < -0.39 is 9.84 Å². The van der Waals surface area contributed by atoms with E-state index in [4.69, 9.17) is 5.26 Å². The summed E-state index contributed by atoms with van der Waals surface area (Å²) < 4.78 is 26.4. The van der Waals surface area contributed by atoms with Gasteiger partial charge in [-0.25, -0.2) is 8.42 Å². The average Bonchev–Trinajstić information content (AvgIpc) is 2.77. The molecular formula is C14H13N3O2S. The quantitative estimate of drug-likeness (QED) is 0.810. The summed E-state index contributed by atoms with van der Waals surface area (Å²) in [5.41, 5.74) is 1.41. The molecule has 2 aromatic rings. The zero-order valence-electron chi connectivity index (χ0n) is 11.1. The van der Waals surface area contributed by atoms with Crippen molar-refractivity contribution >= 4 is 15.9 Å². The maximum absolute atomic E-state index is 12.4. The molecule has 2 rings (SSSR count). The van der Waals surface area contributed by atoms with Crippen LogP contribution in [0.25, 0.3) is 6.08 Å². The molecule has 1 aromatic heterocycles. The first-order valence-corrected chi connectivity index (χ1v) is 7.35. The van der Waals surface area contributed by atoms with Gasteiger partial charge >= 0.3 is 0 Å². The number of aryl methyl sites for hydroxylation is 1. The Morgan fingerprint density at radius 3 is 2.50 bits per heavy atom. The normalized spacial score (nSPS) is 12.2. The molecule has 0 unspecified atom stereocenters. The van der Waals surface area contributed by atoms with Crippen molar-refractivity contribution < 1.29 is 8.42 Å². The molecule has 0 fully saturated rings. The lowest BCUT2D eigenvalue weighted by Gasteiger charge is -2.02. The van der Waals surface area contributed by atoms with E-state index in [1.807, 2.05) is 6.92 Å². The maximum atomic E-state index is 12.4. The molecule has 5 nitrogen and oxygen atoms in total. The van der Waals surface area contributed by atoms with Gasteiger partial charge in [0.1, 0.15) is 11.0 Å². The summed E-state index contributed by atoms with van der Waals surface area (Å²) in [6, 6.07) is 9.67. The summed E-state index contributed by atoms with van der Waals surface area (Å²) in [6.07, 6.45) is 2.89. The van der Waals surface area contributed by atoms with Gasteiger partial charge < -0.3 is 0 Å². The number of benzene rings is 1. The summed E-state index contributed by atoms with van der Waals surface area (Å²) in [5.74, 6) is 0. The molecule has 1 aromatic carbocycles. The Bertz CT molecular complexity index is 797. The van der Waals surface area contributed by atoms with Crippen molar-refractivity contribution in [2.45, 2.75) is 11.8 Å². The number of hydrogen-bond donors (Lipinski definition) is 0. The van der Waals surface area contributed by atoms with E-state index in [9.17, 15) is 8.42 Å². The van der Waals surface area contributed by atoms with Crippen LogP contribution < -0.4 is 0 Å². The molecule has 0 amide bonds. The lowest BCUT2D eigenvalue weighted by molar-refractivity contribution is 0.603. The molecule has 0 saturated carbocycles. The number of rotatable bonds is 3. The zero-order valence-corrected chi connectivity index (χ0v) is 11.9. The van der Waals surface area contributed by atoms with Crippen molar-refractivity contribution in [1.29, 1.82) is 5.26 Å². The van der Waals surface area contributed by atoms with Crippen molar-refractivity contribution in [1.82, 2.24) is 9.78 Å². The smallest absolute Gasteiger partial charge is 0.216 e. The van der Waals surface area contributed by atoms with Crippen molar-refractivity contribution in [2.24, 2.45) is 7.05 Å². The zero-order chi connectivity index (χ0) is 14.8. The van der Waals surface area contributed by atoms with Crippen molar-refractivity contribution in [2.75, 3.05) is 0 Å². The fourth-order valence-corrected chi connectivity index (χ4v) is 2.87. The van der Waals surface area contributed by atoms with Crippen LogP contribution in [0.4, 0.5) is 0 Å². The molecule has 0 spiro atoms. The highest BCUT2D eigenvalue weighted by Crippen LogP contribution is 2.21. The second kappa shape index (κ2) is 5.31.